The Balaban J connectivity index is 1.54. The fourth-order valence-electron chi connectivity index (χ4n) is 3.37. The molecule has 2 aromatic carbocycles. The number of H-pyrrole nitrogens is 2. The number of carbonyl (C=O) groups excluding carboxylic acids is 1. The summed E-state index contributed by atoms with van der Waals surface area (Å²) >= 11 is 0. The average molecular weight is 417 g/mol. The maximum Gasteiger partial charge on any atom is 0.223 e. The van der Waals surface area contributed by atoms with Crippen molar-refractivity contribution in [1.82, 2.24) is 46.1 Å². The van der Waals surface area contributed by atoms with Crippen LogP contribution in [-0.4, -0.2) is 52.1 Å². The summed E-state index contributed by atoms with van der Waals surface area (Å²) in [5.41, 5.74) is 4.02. The number of amides is 1. The molecular formula is C21H23N9O. The molecule has 31 heavy (non-hydrogen) atoms. The molecule has 158 valence electrons. The van der Waals surface area contributed by atoms with Gasteiger partial charge in [-0.15, -0.1) is 10.2 Å². The van der Waals surface area contributed by atoms with Crippen molar-refractivity contribution in [3.8, 4) is 22.5 Å². The predicted octanol–water partition coefficient (Wildman–Crippen LogP) is 2.77. The van der Waals surface area contributed by atoms with Crippen molar-refractivity contribution >= 4 is 5.91 Å². The van der Waals surface area contributed by atoms with Crippen LogP contribution in [0.3, 0.4) is 0 Å². The molecule has 0 radical (unpaired) electrons. The summed E-state index contributed by atoms with van der Waals surface area (Å²) in [5, 5.41) is 28.0. The number of benzene rings is 2. The SMILES string of the molecule is CCCCC(=O)N(Cc1ccc(-c2ccccc2-c2nnn[nH]2)cc1)Cc1nnn[nH]1. The van der Waals surface area contributed by atoms with E-state index in [1.807, 2.05) is 48.5 Å². The molecule has 10 heteroatoms. The molecule has 4 aromatic rings. The fraction of sp³-hybridized carbons (Fsp3) is 0.286. The third-order valence-corrected chi connectivity index (χ3v) is 4.99. The van der Waals surface area contributed by atoms with Crippen molar-refractivity contribution in [2.45, 2.75) is 39.3 Å². The highest BCUT2D eigenvalue weighted by Crippen LogP contribution is 2.29. The van der Waals surface area contributed by atoms with Gasteiger partial charge in [0.2, 0.25) is 5.91 Å². The monoisotopic (exact) mass is 417 g/mol. The molecule has 2 aromatic heterocycles. The van der Waals surface area contributed by atoms with Crippen molar-refractivity contribution in [2.75, 3.05) is 0 Å². The van der Waals surface area contributed by atoms with Crippen molar-refractivity contribution in [3.05, 3.63) is 59.9 Å². The first-order chi connectivity index (χ1) is 15.2. The van der Waals surface area contributed by atoms with Crippen LogP contribution in [0.2, 0.25) is 0 Å². The second-order valence-corrected chi connectivity index (χ2v) is 7.19. The lowest BCUT2D eigenvalue weighted by Crippen LogP contribution is -2.30. The number of hydrogen-bond donors (Lipinski definition) is 2. The minimum absolute atomic E-state index is 0.0884. The molecule has 0 spiro atoms. The predicted molar refractivity (Wildman–Crippen MR) is 113 cm³/mol. The van der Waals surface area contributed by atoms with Crippen LogP contribution in [0.25, 0.3) is 22.5 Å². The number of tetrazole rings is 2. The van der Waals surface area contributed by atoms with Crippen LogP contribution in [0, 0.1) is 0 Å². The van der Waals surface area contributed by atoms with Gasteiger partial charge in [-0.1, -0.05) is 61.9 Å². The number of aromatic amines is 2. The van der Waals surface area contributed by atoms with Gasteiger partial charge in [0.1, 0.15) is 0 Å². The molecule has 0 saturated heterocycles. The van der Waals surface area contributed by atoms with Crippen LogP contribution in [0.1, 0.15) is 37.6 Å². The van der Waals surface area contributed by atoms with Crippen LogP contribution in [-0.2, 0) is 17.9 Å². The summed E-state index contributed by atoms with van der Waals surface area (Å²) < 4.78 is 0. The van der Waals surface area contributed by atoms with E-state index in [2.05, 4.69) is 48.2 Å². The first-order valence-corrected chi connectivity index (χ1v) is 10.2. The van der Waals surface area contributed by atoms with E-state index < -0.39 is 0 Å². The van der Waals surface area contributed by atoms with Gasteiger partial charge >= 0.3 is 0 Å². The second-order valence-electron chi connectivity index (χ2n) is 7.19. The average Bonchev–Trinajstić information content (AvgIpc) is 3.52. The van der Waals surface area contributed by atoms with Gasteiger partial charge in [-0.2, -0.15) is 0 Å². The highest BCUT2D eigenvalue weighted by Gasteiger charge is 2.16. The van der Waals surface area contributed by atoms with Gasteiger partial charge in [-0.3, -0.25) is 4.79 Å². The van der Waals surface area contributed by atoms with Crippen LogP contribution >= 0.6 is 0 Å². The maximum atomic E-state index is 12.7. The molecule has 2 N–H and O–H groups in total. The van der Waals surface area contributed by atoms with Crippen LogP contribution in [0.5, 0.6) is 0 Å². The molecule has 0 atom stereocenters. The van der Waals surface area contributed by atoms with E-state index in [1.54, 1.807) is 4.90 Å². The van der Waals surface area contributed by atoms with E-state index >= 15 is 0 Å². The third kappa shape index (κ3) is 4.97. The molecule has 0 aliphatic rings. The van der Waals surface area contributed by atoms with Gasteiger partial charge in [0.15, 0.2) is 11.6 Å². The van der Waals surface area contributed by atoms with Crippen LogP contribution in [0.15, 0.2) is 48.5 Å². The van der Waals surface area contributed by atoms with E-state index in [9.17, 15) is 4.79 Å². The van der Waals surface area contributed by atoms with E-state index in [0.717, 1.165) is 35.1 Å². The van der Waals surface area contributed by atoms with Gasteiger partial charge in [-0.25, -0.2) is 10.2 Å². The molecule has 1 amide bonds. The lowest BCUT2D eigenvalue weighted by atomic mass is 9.98. The number of nitrogens with zero attached hydrogens (tertiary/aromatic N) is 7. The normalized spacial score (nSPS) is 10.9. The molecule has 0 fully saturated rings. The first-order valence-electron chi connectivity index (χ1n) is 10.2. The van der Waals surface area contributed by atoms with E-state index in [1.165, 1.54) is 0 Å². The minimum atomic E-state index is 0.0884. The molecule has 4 rings (SSSR count). The fourth-order valence-corrected chi connectivity index (χ4v) is 3.37. The largest absolute Gasteiger partial charge is 0.331 e. The Bertz CT molecular complexity index is 1090. The molecule has 2 heterocycles. The minimum Gasteiger partial charge on any atom is -0.331 e. The number of rotatable bonds is 9. The van der Waals surface area contributed by atoms with Crippen molar-refractivity contribution in [2.24, 2.45) is 0 Å². The molecule has 0 saturated carbocycles. The standard InChI is InChI=1S/C21H23N9O/c1-2-3-8-20(31)30(14-19-22-26-27-23-19)13-15-9-11-16(12-10-15)17-6-4-5-7-18(17)21-24-28-29-25-21/h4-7,9-12H,2-3,8,13-14H2,1H3,(H,22,23,26,27)(H,24,25,28,29). The zero-order valence-electron chi connectivity index (χ0n) is 17.2. The summed E-state index contributed by atoms with van der Waals surface area (Å²) in [6, 6.07) is 16.1. The molecule has 0 aliphatic heterocycles. The zero-order valence-corrected chi connectivity index (χ0v) is 17.2. The number of hydrogen-bond acceptors (Lipinski definition) is 7. The highest BCUT2D eigenvalue weighted by molar-refractivity contribution is 5.80. The molecule has 0 bridgehead atoms. The van der Waals surface area contributed by atoms with E-state index in [4.69, 9.17) is 0 Å². The number of nitrogens with one attached hydrogen (secondary N) is 2. The zero-order chi connectivity index (χ0) is 21.5. The Labute approximate surface area is 179 Å². The van der Waals surface area contributed by atoms with Gasteiger partial charge < -0.3 is 4.90 Å². The third-order valence-electron chi connectivity index (χ3n) is 4.99. The van der Waals surface area contributed by atoms with Gasteiger partial charge in [0, 0.05) is 18.5 Å². The Morgan fingerprint density at radius 1 is 0.903 bits per heavy atom. The van der Waals surface area contributed by atoms with Crippen molar-refractivity contribution < 1.29 is 4.79 Å². The second kappa shape index (κ2) is 9.70. The quantitative estimate of drug-likeness (QED) is 0.428. The molecule has 0 unspecified atom stereocenters. The summed E-state index contributed by atoms with van der Waals surface area (Å²) in [5.74, 6) is 1.27. The van der Waals surface area contributed by atoms with Crippen LogP contribution in [0.4, 0.5) is 0 Å². The lowest BCUT2D eigenvalue weighted by molar-refractivity contribution is -0.132. The number of aromatic nitrogens is 8. The van der Waals surface area contributed by atoms with Crippen LogP contribution < -0.4 is 0 Å². The molecule has 0 aliphatic carbocycles. The topological polar surface area (TPSA) is 129 Å². The first kappa shape index (κ1) is 20.3. The Hall–Kier alpha value is -3.95. The molecule has 10 nitrogen and oxygen atoms in total. The smallest absolute Gasteiger partial charge is 0.223 e. The molecular weight excluding hydrogens is 394 g/mol. The Morgan fingerprint density at radius 2 is 1.65 bits per heavy atom. The van der Waals surface area contributed by atoms with E-state index in [-0.39, 0.29) is 5.91 Å². The van der Waals surface area contributed by atoms with E-state index in [0.29, 0.717) is 31.2 Å². The maximum absolute atomic E-state index is 12.7. The number of unbranched alkanes of at least 4 members (excludes halogenated alkanes) is 1. The summed E-state index contributed by atoms with van der Waals surface area (Å²) in [4.78, 5) is 14.5. The van der Waals surface area contributed by atoms with Crippen molar-refractivity contribution in [3.63, 3.8) is 0 Å². The highest BCUT2D eigenvalue weighted by atomic mass is 16.2. The van der Waals surface area contributed by atoms with Gasteiger partial charge in [-0.05, 0) is 44.0 Å². The summed E-state index contributed by atoms with van der Waals surface area (Å²) in [6.07, 6.45) is 2.34. The lowest BCUT2D eigenvalue weighted by Gasteiger charge is -2.22. The van der Waals surface area contributed by atoms with Crippen molar-refractivity contribution in [1.29, 1.82) is 0 Å². The summed E-state index contributed by atoms with van der Waals surface area (Å²) in [7, 11) is 0. The Morgan fingerprint density at radius 3 is 2.32 bits per heavy atom. The van der Waals surface area contributed by atoms with Gasteiger partial charge in [0.25, 0.3) is 0 Å². The Kier molecular flexibility index (Phi) is 6.36. The number of carbonyl (C=O) groups is 1. The summed E-state index contributed by atoms with van der Waals surface area (Å²) in [6.45, 7) is 2.90. The van der Waals surface area contributed by atoms with Gasteiger partial charge in [0.05, 0.1) is 6.54 Å².